The van der Waals surface area contributed by atoms with E-state index in [1.165, 1.54) is 14.7 Å². The molecule has 6 aliphatic rings. The van der Waals surface area contributed by atoms with Crippen molar-refractivity contribution in [2.24, 2.45) is 0 Å². The van der Waals surface area contributed by atoms with Crippen LogP contribution in [-0.4, -0.2) is 100 Å². The molecule has 4 fully saturated rings. The molecule has 8 nitrogen and oxygen atoms in total. The van der Waals surface area contributed by atoms with E-state index in [1.54, 1.807) is 24.3 Å². The third-order valence-corrected chi connectivity index (χ3v) is 14.1. The van der Waals surface area contributed by atoms with E-state index in [1.807, 2.05) is 24.3 Å². The number of hydrogen-bond acceptors (Lipinski definition) is 6. The summed E-state index contributed by atoms with van der Waals surface area (Å²) in [7, 11) is 0. The first-order valence-electron chi connectivity index (χ1n) is 23.3. The molecule has 6 aliphatic heterocycles. The van der Waals surface area contributed by atoms with Crippen LogP contribution < -0.4 is 9.97 Å². The molecule has 3 aromatic heterocycles. The fraction of sp³-hybridized carbons (Fsp3) is 0.583. The van der Waals surface area contributed by atoms with Crippen LogP contribution >= 0.6 is 0 Å². The predicted molar refractivity (Wildman–Crippen MR) is 233 cm³/mol. The average molecular weight is 970 g/mol. The Hall–Kier alpha value is -3.67. The monoisotopic (exact) mass is 969 g/mol. The van der Waals surface area contributed by atoms with Crippen LogP contribution in [0, 0.1) is 0 Å². The molecule has 0 saturated carbocycles. The van der Waals surface area contributed by atoms with Crippen LogP contribution in [0.15, 0.2) is 24.3 Å². The smallest absolute Gasteiger partial charge is 0.657 e. The van der Waals surface area contributed by atoms with Crippen LogP contribution in [0.5, 0.6) is 0 Å². The first-order valence-corrected chi connectivity index (χ1v) is 23.3. The van der Waals surface area contributed by atoms with Gasteiger partial charge in [-0.1, -0.05) is 56.9 Å². The zero-order valence-electron chi connectivity index (χ0n) is 36.9. The number of aromatic nitrogens is 4. The van der Waals surface area contributed by atoms with Crippen LogP contribution in [0.25, 0.3) is 46.4 Å². The van der Waals surface area contributed by atoms with E-state index in [0.717, 1.165) is 37.9 Å². The van der Waals surface area contributed by atoms with Crippen LogP contribution in [0.1, 0.15) is 153 Å². The minimum absolute atomic E-state index is 0. The fourth-order valence-corrected chi connectivity index (χ4v) is 11.4. The van der Waals surface area contributed by atoms with Gasteiger partial charge in [0.1, 0.15) is 0 Å². The maximum atomic E-state index is 14.3. The summed E-state index contributed by atoms with van der Waals surface area (Å²) in [5, 5.41) is 0. The number of halogens is 9. The van der Waals surface area contributed by atoms with Gasteiger partial charge in [-0.05, 0) is 131 Å². The molecule has 0 spiro atoms. The van der Waals surface area contributed by atoms with E-state index >= 15 is 0 Å². The summed E-state index contributed by atoms with van der Waals surface area (Å²) >= 11 is 0. The van der Waals surface area contributed by atoms with Crippen molar-refractivity contribution < 1.29 is 56.6 Å². The Morgan fingerprint density at radius 1 is 0.439 bits per heavy atom. The Morgan fingerprint density at radius 3 is 0.955 bits per heavy atom. The molecule has 9 heterocycles. The number of hydrogen-bond donors (Lipinski definition) is 0. The summed E-state index contributed by atoms with van der Waals surface area (Å²) in [6.45, 7) is 0.850. The summed E-state index contributed by atoms with van der Waals surface area (Å²) < 4.78 is 129. The summed E-state index contributed by atoms with van der Waals surface area (Å²) in [6.07, 6.45) is 1.40. The second-order valence-corrected chi connectivity index (χ2v) is 18.4. The summed E-state index contributed by atoms with van der Waals surface area (Å²) in [6, 6.07) is 4.86. The summed E-state index contributed by atoms with van der Waals surface area (Å²) in [4.78, 5) is 27.5. The number of nitrogens with zero attached hydrogens (tertiary/aromatic N) is 8. The van der Waals surface area contributed by atoms with Crippen molar-refractivity contribution >= 4 is 46.4 Å². The molecule has 18 heteroatoms. The SMILES string of the molecule is CCN1CCCCC1c1c2nc(c(C3CCCCN3CC(F)(F)F)c3ccc([n-]3)c(C3CCCCN3CC(F)(F)F)c3nc(c(C4CCCCN4CC(F)(F)F)c4ccc1[n-]4)C=C3)C=C2.[Mn+2]. The Bertz CT molecular complexity index is 2400. The van der Waals surface area contributed by atoms with Crippen LogP contribution in [0.2, 0.25) is 0 Å². The van der Waals surface area contributed by atoms with Crippen molar-refractivity contribution in [3.63, 3.8) is 0 Å². The van der Waals surface area contributed by atoms with Gasteiger partial charge in [0.15, 0.2) is 0 Å². The van der Waals surface area contributed by atoms with Gasteiger partial charge in [-0.2, -0.15) is 39.5 Å². The van der Waals surface area contributed by atoms with Crippen molar-refractivity contribution in [1.29, 1.82) is 0 Å². The number of fused-ring (bicyclic) bond motifs is 8. The van der Waals surface area contributed by atoms with Gasteiger partial charge >= 0.3 is 35.6 Å². The molecule has 357 valence electrons. The minimum atomic E-state index is -4.51. The van der Waals surface area contributed by atoms with Gasteiger partial charge in [0.05, 0.1) is 42.4 Å². The molecule has 4 unspecified atom stereocenters. The molecule has 4 saturated heterocycles. The van der Waals surface area contributed by atoms with Crippen molar-refractivity contribution in [1.82, 2.24) is 39.5 Å². The van der Waals surface area contributed by atoms with Gasteiger partial charge in [-0.25, -0.2) is 9.97 Å². The molecular formula is C48H55F9MnN8. The van der Waals surface area contributed by atoms with Crippen molar-refractivity contribution in [3.05, 3.63) is 69.3 Å². The first-order chi connectivity index (χ1) is 31.0. The molecule has 0 aromatic carbocycles. The average Bonchev–Trinajstić information content (AvgIpc) is 4.09. The van der Waals surface area contributed by atoms with Gasteiger partial charge in [0.2, 0.25) is 0 Å². The zero-order valence-corrected chi connectivity index (χ0v) is 38.1. The summed E-state index contributed by atoms with van der Waals surface area (Å²) in [5.74, 6) is 0. The number of likely N-dealkylation sites (tertiary alicyclic amines) is 4. The second-order valence-electron chi connectivity index (χ2n) is 18.4. The molecular weight excluding hydrogens is 915 g/mol. The molecule has 8 bridgehead atoms. The zero-order chi connectivity index (χ0) is 45.7. The van der Waals surface area contributed by atoms with E-state index < -0.39 is 56.3 Å². The molecule has 9 rings (SSSR count). The second kappa shape index (κ2) is 19.7. The number of alkyl halides is 9. The molecule has 3 aromatic rings. The molecule has 4 atom stereocenters. The molecule has 0 N–H and O–H groups in total. The Kier molecular flexibility index (Phi) is 14.6. The van der Waals surface area contributed by atoms with Gasteiger partial charge < -0.3 is 9.97 Å². The van der Waals surface area contributed by atoms with Gasteiger partial charge in [-0.3, -0.25) is 19.6 Å². The first kappa shape index (κ1) is 48.8. The number of piperidine rings is 4. The third-order valence-electron chi connectivity index (χ3n) is 14.1. The maximum absolute atomic E-state index is 14.3. The molecule has 1 radical (unpaired) electrons. The van der Waals surface area contributed by atoms with E-state index in [-0.39, 0.29) is 42.7 Å². The summed E-state index contributed by atoms with van der Waals surface area (Å²) in [5.41, 5.74) is 5.92. The van der Waals surface area contributed by atoms with Gasteiger partial charge in [0.25, 0.3) is 0 Å². The Labute approximate surface area is 389 Å². The maximum Gasteiger partial charge on any atom is 2.00 e. The Balaban J connectivity index is 0.00000592. The predicted octanol–water partition coefficient (Wildman–Crippen LogP) is 11.7. The van der Waals surface area contributed by atoms with Crippen molar-refractivity contribution in [3.8, 4) is 0 Å². The molecule has 0 amide bonds. The fourth-order valence-electron chi connectivity index (χ4n) is 11.4. The quantitative estimate of drug-likeness (QED) is 0.113. The van der Waals surface area contributed by atoms with Crippen LogP contribution in [0.4, 0.5) is 39.5 Å². The van der Waals surface area contributed by atoms with Crippen molar-refractivity contribution in [2.75, 3.05) is 52.4 Å². The number of rotatable bonds is 8. The van der Waals surface area contributed by atoms with E-state index in [4.69, 9.17) is 19.9 Å². The standard InChI is InChI=1S/C48H55F9N8.Mn/c1-2-62-23-7-3-11-38(62)42-30-15-17-32(58-30)43(39-12-4-8-24-63(39)27-46(49,50)51)34-19-21-36(60-34)45(41-14-6-10-26-65(41)29-48(55,56)57)37-22-20-35(61-37)44(33-18-16-31(42)59-33)40-13-5-9-25-64(40)28-47(52,53)54;/h15-22,38-41H,2-14,23-29H2,1H3;/q-2;+2. The molecule has 66 heavy (non-hydrogen) atoms. The third kappa shape index (κ3) is 10.6. The molecule has 0 aliphatic carbocycles. The van der Waals surface area contributed by atoms with Gasteiger partial charge in [-0.15, -0.1) is 22.1 Å². The van der Waals surface area contributed by atoms with Gasteiger partial charge in [0, 0.05) is 24.2 Å². The van der Waals surface area contributed by atoms with Crippen LogP contribution in [-0.2, 0) is 17.1 Å². The normalized spacial score (nSPS) is 24.2. The van der Waals surface area contributed by atoms with E-state index in [0.29, 0.717) is 119 Å². The Morgan fingerprint density at radius 2 is 0.697 bits per heavy atom. The van der Waals surface area contributed by atoms with Crippen LogP contribution in [0.3, 0.4) is 0 Å². The van der Waals surface area contributed by atoms with Crippen molar-refractivity contribution in [2.45, 2.75) is 127 Å². The van der Waals surface area contributed by atoms with E-state index in [2.05, 4.69) is 11.8 Å². The largest absolute Gasteiger partial charge is 2.00 e. The minimum Gasteiger partial charge on any atom is -0.657 e. The topological polar surface area (TPSA) is 66.9 Å². The van der Waals surface area contributed by atoms with E-state index in [9.17, 15) is 39.5 Å².